The van der Waals surface area contributed by atoms with Crippen LogP contribution in [-0.2, 0) is 19.8 Å². The fourth-order valence-electron chi connectivity index (χ4n) is 5.41. The van der Waals surface area contributed by atoms with Gasteiger partial charge in [0.1, 0.15) is 17.2 Å². The number of fused-ring (bicyclic) bond motifs is 1. The number of amides is 2. The van der Waals surface area contributed by atoms with E-state index < -0.39 is 17.6 Å². The minimum absolute atomic E-state index is 0.0246. The first-order chi connectivity index (χ1) is 22.6. The number of ether oxygens (including phenoxy) is 2. The number of nitrogens with zero attached hydrogens (tertiary/aromatic N) is 5. The number of aryl methyl sites for hydroxylation is 1. The number of aromatic nitrogens is 3. The monoisotopic (exact) mass is 644 g/mol. The fourth-order valence-corrected chi connectivity index (χ4v) is 5.41. The molecular formula is C34H31F3N6O4. The highest BCUT2D eigenvalue weighted by molar-refractivity contribution is 6.04. The Bertz CT molecular complexity index is 1880. The summed E-state index contributed by atoms with van der Waals surface area (Å²) in [6.07, 6.45) is -1.82. The number of anilines is 1. The van der Waals surface area contributed by atoms with E-state index in [0.717, 1.165) is 60.6 Å². The third-order valence-electron chi connectivity index (χ3n) is 8.03. The summed E-state index contributed by atoms with van der Waals surface area (Å²) in [5.41, 5.74) is 2.09. The summed E-state index contributed by atoms with van der Waals surface area (Å²) in [4.78, 5) is 38.4. The Morgan fingerprint density at radius 1 is 0.872 bits per heavy atom. The standard InChI is InChI=1S/C34H31F3N6O4/c1-41-29-12-11-28(47-33-38-19-26(20-39-33)40-31(44)23-5-7-25(8-6-23)34(35,36)37)17-24(29)18-30(41)32(45)43-15-13-42(14-16-43)21-22-3-9-27(46-2)10-4-22/h3-12,17-20H,13-16,21H2,1-2H3,(H,40,44). The molecule has 1 aliphatic rings. The van der Waals surface area contributed by atoms with Crippen LogP contribution in [0.2, 0.25) is 0 Å². The van der Waals surface area contributed by atoms with Crippen LogP contribution >= 0.6 is 0 Å². The number of nitrogens with one attached hydrogen (secondary N) is 1. The molecule has 5 aromatic rings. The lowest BCUT2D eigenvalue weighted by atomic mass is 10.1. The van der Waals surface area contributed by atoms with E-state index in [0.29, 0.717) is 24.5 Å². The lowest BCUT2D eigenvalue weighted by Crippen LogP contribution is -2.48. The molecule has 3 aromatic carbocycles. The quantitative estimate of drug-likeness (QED) is 0.221. The number of rotatable bonds is 8. The van der Waals surface area contributed by atoms with Crippen molar-refractivity contribution >= 4 is 28.4 Å². The van der Waals surface area contributed by atoms with Crippen LogP contribution in [0.4, 0.5) is 18.9 Å². The first-order valence-electron chi connectivity index (χ1n) is 14.8. The van der Waals surface area contributed by atoms with E-state index >= 15 is 0 Å². The Kier molecular flexibility index (Phi) is 8.81. The van der Waals surface area contributed by atoms with Crippen molar-refractivity contribution in [3.05, 3.63) is 108 Å². The average Bonchev–Trinajstić information content (AvgIpc) is 3.41. The van der Waals surface area contributed by atoms with E-state index in [4.69, 9.17) is 9.47 Å². The molecule has 242 valence electrons. The van der Waals surface area contributed by atoms with E-state index in [1.807, 2.05) is 40.8 Å². The van der Waals surface area contributed by atoms with Gasteiger partial charge < -0.3 is 24.3 Å². The zero-order chi connectivity index (χ0) is 33.1. The second-order valence-electron chi connectivity index (χ2n) is 11.1. The van der Waals surface area contributed by atoms with Gasteiger partial charge in [-0.1, -0.05) is 12.1 Å². The molecule has 0 unspecified atom stereocenters. The minimum atomic E-state index is -4.49. The highest BCUT2D eigenvalue weighted by atomic mass is 19.4. The molecule has 10 nitrogen and oxygen atoms in total. The van der Waals surface area contributed by atoms with E-state index in [1.54, 1.807) is 19.2 Å². The highest BCUT2D eigenvalue weighted by Crippen LogP contribution is 2.30. The van der Waals surface area contributed by atoms with Crippen molar-refractivity contribution in [3.8, 4) is 17.5 Å². The maximum Gasteiger partial charge on any atom is 0.416 e. The zero-order valence-electron chi connectivity index (χ0n) is 25.6. The van der Waals surface area contributed by atoms with E-state index in [1.165, 1.54) is 18.0 Å². The van der Waals surface area contributed by atoms with Crippen LogP contribution in [0.3, 0.4) is 0 Å². The first kappa shape index (κ1) is 31.5. The van der Waals surface area contributed by atoms with Crippen LogP contribution in [0.5, 0.6) is 17.5 Å². The van der Waals surface area contributed by atoms with Crippen LogP contribution < -0.4 is 14.8 Å². The normalized spacial score (nSPS) is 13.9. The molecule has 1 N–H and O–H groups in total. The molecule has 2 aromatic heterocycles. The lowest BCUT2D eigenvalue weighted by Gasteiger charge is -2.34. The topological polar surface area (TPSA) is 102 Å². The summed E-state index contributed by atoms with van der Waals surface area (Å²) in [6, 6.07) is 19.2. The summed E-state index contributed by atoms with van der Waals surface area (Å²) >= 11 is 0. The highest BCUT2D eigenvalue weighted by Gasteiger charge is 2.30. The Labute approximate surface area is 268 Å². The van der Waals surface area contributed by atoms with Gasteiger partial charge in [-0.05, 0) is 66.2 Å². The molecule has 0 saturated carbocycles. The molecule has 0 aliphatic carbocycles. The summed E-state index contributed by atoms with van der Waals surface area (Å²) < 4.78 is 51.3. The van der Waals surface area contributed by atoms with Crippen LogP contribution in [0.15, 0.2) is 85.2 Å². The van der Waals surface area contributed by atoms with Crippen molar-refractivity contribution in [1.82, 2.24) is 24.3 Å². The third-order valence-corrected chi connectivity index (χ3v) is 8.03. The molecule has 0 atom stereocenters. The average molecular weight is 645 g/mol. The number of carbonyl (C=O) groups excluding carboxylic acids is 2. The third kappa shape index (κ3) is 7.20. The number of methoxy groups -OCH3 is 1. The van der Waals surface area contributed by atoms with Gasteiger partial charge in [0.05, 0.1) is 30.8 Å². The van der Waals surface area contributed by atoms with Crippen LogP contribution in [-0.4, -0.2) is 69.4 Å². The van der Waals surface area contributed by atoms with Crippen molar-refractivity contribution < 1.29 is 32.2 Å². The Morgan fingerprint density at radius 2 is 1.53 bits per heavy atom. The van der Waals surface area contributed by atoms with Crippen molar-refractivity contribution in [2.75, 3.05) is 38.6 Å². The van der Waals surface area contributed by atoms with E-state index in [9.17, 15) is 22.8 Å². The van der Waals surface area contributed by atoms with Crippen LogP contribution in [0.1, 0.15) is 32.0 Å². The lowest BCUT2D eigenvalue weighted by molar-refractivity contribution is -0.137. The molecule has 47 heavy (non-hydrogen) atoms. The molecule has 1 aliphatic heterocycles. The van der Waals surface area contributed by atoms with Gasteiger partial charge in [-0.3, -0.25) is 14.5 Å². The molecule has 0 spiro atoms. The molecule has 2 amide bonds. The van der Waals surface area contributed by atoms with Gasteiger partial charge in [0.15, 0.2) is 0 Å². The molecule has 1 saturated heterocycles. The summed E-state index contributed by atoms with van der Waals surface area (Å²) in [5.74, 6) is 0.640. The van der Waals surface area contributed by atoms with Gasteiger partial charge in [-0.2, -0.15) is 13.2 Å². The Balaban J connectivity index is 1.05. The van der Waals surface area contributed by atoms with Gasteiger partial charge in [0.2, 0.25) is 0 Å². The van der Waals surface area contributed by atoms with Gasteiger partial charge >= 0.3 is 12.2 Å². The second kappa shape index (κ2) is 13.1. The molecule has 3 heterocycles. The predicted octanol–water partition coefficient (Wildman–Crippen LogP) is 6.00. The molecule has 1 fully saturated rings. The molecule has 6 rings (SSSR count). The molecular weight excluding hydrogens is 613 g/mol. The van der Waals surface area contributed by atoms with Gasteiger partial charge in [-0.15, -0.1) is 0 Å². The first-order valence-corrected chi connectivity index (χ1v) is 14.8. The van der Waals surface area contributed by atoms with Crippen molar-refractivity contribution in [2.24, 2.45) is 7.05 Å². The van der Waals surface area contributed by atoms with Gasteiger partial charge in [0.25, 0.3) is 11.8 Å². The number of piperazine rings is 1. The second-order valence-corrected chi connectivity index (χ2v) is 11.1. The number of alkyl halides is 3. The summed E-state index contributed by atoms with van der Waals surface area (Å²) in [5, 5.41) is 3.36. The zero-order valence-corrected chi connectivity index (χ0v) is 25.6. The number of hydrogen-bond acceptors (Lipinski definition) is 7. The largest absolute Gasteiger partial charge is 0.497 e. The summed E-state index contributed by atoms with van der Waals surface area (Å²) in [6.45, 7) is 3.62. The Hall–Kier alpha value is -5.43. The molecule has 13 heteroatoms. The SMILES string of the molecule is COc1ccc(CN2CCN(C(=O)c3cc4cc(Oc5ncc(NC(=O)c6ccc(C(F)(F)F)cc6)cn5)ccc4n3C)CC2)cc1. The van der Waals surface area contributed by atoms with Crippen molar-refractivity contribution in [3.63, 3.8) is 0 Å². The summed E-state index contributed by atoms with van der Waals surface area (Å²) in [7, 11) is 3.51. The number of benzene rings is 3. The van der Waals surface area contributed by atoms with Gasteiger partial charge in [-0.25, -0.2) is 9.97 Å². The van der Waals surface area contributed by atoms with Gasteiger partial charge in [0, 0.05) is 56.2 Å². The Morgan fingerprint density at radius 3 is 2.17 bits per heavy atom. The minimum Gasteiger partial charge on any atom is -0.497 e. The number of carbonyl (C=O) groups is 2. The van der Waals surface area contributed by atoms with E-state index in [-0.39, 0.29) is 23.2 Å². The van der Waals surface area contributed by atoms with Crippen LogP contribution in [0, 0.1) is 0 Å². The fraction of sp³-hybridized carbons (Fsp3) is 0.235. The smallest absolute Gasteiger partial charge is 0.416 e. The van der Waals surface area contributed by atoms with Crippen molar-refractivity contribution in [2.45, 2.75) is 12.7 Å². The number of hydrogen-bond donors (Lipinski definition) is 1. The van der Waals surface area contributed by atoms with E-state index in [2.05, 4.69) is 32.3 Å². The van der Waals surface area contributed by atoms with Crippen LogP contribution in [0.25, 0.3) is 10.9 Å². The molecule has 0 radical (unpaired) electrons. The number of halogens is 3. The molecule has 0 bridgehead atoms. The van der Waals surface area contributed by atoms with Crippen molar-refractivity contribution in [1.29, 1.82) is 0 Å². The maximum atomic E-state index is 13.5. The predicted molar refractivity (Wildman–Crippen MR) is 169 cm³/mol. The maximum absolute atomic E-state index is 13.5.